The summed E-state index contributed by atoms with van der Waals surface area (Å²) in [5.74, 6) is 2.28. The first kappa shape index (κ1) is 17.9. The maximum atomic E-state index is 5.38. The highest BCUT2D eigenvalue weighted by molar-refractivity contribution is 9.09. The zero-order valence-corrected chi connectivity index (χ0v) is 15.5. The summed E-state index contributed by atoms with van der Waals surface area (Å²) >= 11 is 3.67. The number of hydrogen-bond acceptors (Lipinski definition) is 2. The van der Waals surface area contributed by atoms with Crippen molar-refractivity contribution in [2.75, 3.05) is 19.5 Å². The van der Waals surface area contributed by atoms with Crippen LogP contribution in [0.2, 0.25) is 0 Å². The van der Waals surface area contributed by atoms with Crippen molar-refractivity contribution >= 4 is 15.9 Å². The van der Waals surface area contributed by atoms with Crippen LogP contribution in [0.3, 0.4) is 0 Å². The number of halogens is 1. The molecule has 0 N–H and O–H groups in total. The summed E-state index contributed by atoms with van der Waals surface area (Å²) in [6.45, 7) is 0. The Hall–Kier alpha value is -1.48. The van der Waals surface area contributed by atoms with Crippen LogP contribution in [0.25, 0.3) is 0 Å². The van der Waals surface area contributed by atoms with Crippen LogP contribution in [0, 0.1) is 5.92 Å². The first-order valence-electron chi connectivity index (χ1n) is 8.07. The predicted octanol–water partition coefficient (Wildman–Crippen LogP) is 5.28. The molecular weight excluding hydrogens is 352 g/mol. The molecule has 0 aromatic heterocycles. The maximum Gasteiger partial charge on any atom is 0.160 e. The maximum absolute atomic E-state index is 5.38. The van der Waals surface area contributed by atoms with E-state index in [2.05, 4.69) is 58.4 Å². The van der Waals surface area contributed by atoms with Crippen molar-refractivity contribution in [3.05, 3.63) is 59.7 Å². The average Bonchev–Trinajstić information content (AvgIpc) is 2.62. The Labute approximate surface area is 148 Å². The molecule has 0 saturated carbocycles. The van der Waals surface area contributed by atoms with Crippen molar-refractivity contribution in [3.8, 4) is 11.5 Å². The lowest BCUT2D eigenvalue weighted by Crippen LogP contribution is -2.06. The molecule has 0 aliphatic heterocycles. The Morgan fingerprint density at radius 3 is 2.09 bits per heavy atom. The van der Waals surface area contributed by atoms with E-state index in [4.69, 9.17) is 9.47 Å². The smallest absolute Gasteiger partial charge is 0.160 e. The summed E-state index contributed by atoms with van der Waals surface area (Å²) in [6.07, 6.45) is 4.59. The van der Waals surface area contributed by atoms with E-state index in [0.29, 0.717) is 5.92 Å². The Morgan fingerprint density at radius 2 is 1.48 bits per heavy atom. The molecule has 3 heteroatoms. The van der Waals surface area contributed by atoms with Gasteiger partial charge in [0.2, 0.25) is 0 Å². The fraction of sp³-hybridized carbons (Fsp3) is 0.400. The van der Waals surface area contributed by atoms with Gasteiger partial charge in [0.25, 0.3) is 0 Å². The standard InChI is InChI=1S/C20H25BrO2/c1-22-19-13-12-17(14-20(19)23-2)9-11-18(15-21)10-8-16-6-4-3-5-7-16/h3-7,12-14,18H,8-11,15H2,1-2H3. The Morgan fingerprint density at radius 1 is 0.826 bits per heavy atom. The largest absolute Gasteiger partial charge is 0.493 e. The number of hydrogen-bond donors (Lipinski definition) is 0. The third-order valence-electron chi connectivity index (χ3n) is 4.19. The van der Waals surface area contributed by atoms with Crippen molar-refractivity contribution in [2.24, 2.45) is 5.92 Å². The molecule has 0 aliphatic carbocycles. The van der Waals surface area contributed by atoms with Gasteiger partial charge in [-0.15, -0.1) is 0 Å². The fourth-order valence-electron chi connectivity index (χ4n) is 2.72. The van der Waals surface area contributed by atoms with Gasteiger partial charge in [-0.25, -0.2) is 0 Å². The number of ether oxygens (including phenoxy) is 2. The van der Waals surface area contributed by atoms with Crippen LogP contribution < -0.4 is 9.47 Å². The topological polar surface area (TPSA) is 18.5 Å². The van der Waals surface area contributed by atoms with Crippen LogP contribution in [0.1, 0.15) is 24.0 Å². The number of methoxy groups -OCH3 is 2. The van der Waals surface area contributed by atoms with Crippen LogP contribution in [0.4, 0.5) is 0 Å². The third-order valence-corrected chi connectivity index (χ3v) is 5.11. The zero-order chi connectivity index (χ0) is 16.5. The molecule has 0 amide bonds. The molecule has 0 radical (unpaired) electrons. The first-order chi connectivity index (χ1) is 11.3. The lowest BCUT2D eigenvalue weighted by atomic mass is 9.94. The predicted molar refractivity (Wildman–Crippen MR) is 99.9 cm³/mol. The van der Waals surface area contributed by atoms with Crippen LogP contribution in [0.15, 0.2) is 48.5 Å². The van der Waals surface area contributed by atoms with Crippen molar-refractivity contribution in [2.45, 2.75) is 25.7 Å². The van der Waals surface area contributed by atoms with Crippen molar-refractivity contribution in [1.29, 1.82) is 0 Å². The molecule has 23 heavy (non-hydrogen) atoms. The van der Waals surface area contributed by atoms with Gasteiger partial charge in [0.1, 0.15) is 0 Å². The van der Waals surface area contributed by atoms with Gasteiger partial charge in [-0.2, -0.15) is 0 Å². The Kier molecular flexibility index (Phi) is 7.47. The molecule has 0 heterocycles. The monoisotopic (exact) mass is 376 g/mol. The molecule has 0 aliphatic rings. The van der Waals surface area contributed by atoms with Crippen LogP contribution in [-0.4, -0.2) is 19.5 Å². The summed E-state index contributed by atoms with van der Waals surface area (Å²) in [4.78, 5) is 0. The van der Waals surface area contributed by atoms with Gasteiger partial charge in [-0.3, -0.25) is 0 Å². The van der Waals surface area contributed by atoms with Crippen LogP contribution in [0.5, 0.6) is 11.5 Å². The average molecular weight is 377 g/mol. The molecule has 2 nitrogen and oxygen atoms in total. The van der Waals surface area contributed by atoms with Gasteiger partial charge >= 0.3 is 0 Å². The second-order valence-electron chi connectivity index (χ2n) is 5.77. The molecule has 124 valence electrons. The normalized spacial score (nSPS) is 12.0. The molecule has 2 aromatic carbocycles. The summed E-state index contributed by atoms with van der Waals surface area (Å²) in [5, 5.41) is 1.05. The fourth-order valence-corrected chi connectivity index (χ4v) is 3.37. The minimum absolute atomic E-state index is 0.684. The van der Waals surface area contributed by atoms with Crippen molar-refractivity contribution in [1.82, 2.24) is 0 Å². The van der Waals surface area contributed by atoms with Gasteiger partial charge in [0.15, 0.2) is 11.5 Å². The number of alkyl halides is 1. The molecule has 2 aromatic rings. The minimum Gasteiger partial charge on any atom is -0.493 e. The highest BCUT2D eigenvalue weighted by Crippen LogP contribution is 2.29. The molecule has 0 fully saturated rings. The van der Waals surface area contributed by atoms with E-state index in [9.17, 15) is 0 Å². The van der Waals surface area contributed by atoms with Gasteiger partial charge in [0.05, 0.1) is 14.2 Å². The summed E-state index contributed by atoms with van der Waals surface area (Å²) in [6, 6.07) is 16.9. The Bertz CT molecular complexity index is 583. The second-order valence-corrected chi connectivity index (χ2v) is 6.42. The van der Waals surface area contributed by atoms with E-state index < -0.39 is 0 Å². The van der Waals surface area contributed by atoms with Crippen LogP contribution in [-0.2, 0) is 12.8 Å². The zero-order valence-electron chi connectivity index (χ0n) is 13.9. The summed E-state index contributed by atoms with van der Waals surface area (Å²) < 4.78 is 10.7. The number of benzene rings is 2. The molecular formula is C20H25BrO2. The molecule has 0 spiro atoms. The van der Waals surface area contributed by atoms with E-state index in [-0.39, 0.29) is 0 Å². The molecule has 0 saturated heterocycles. The van der Waals surface area contributed by atoms with Crippen molar-refractivity contribution < 1.29 is 9.47 Å². The molecule has 1 atom stereocenters. The van der Waals surface area contributed by atoms with Gasteiger partial charge in [-0.05, 0) is 54.9 Å². The third kappa shape index (κ3) is 5.58. The highest BCUT2D eigenvalue weighted by atomic mass is 79.9. The molecule has 0 bridgehead atoms. The molecule has 2 rings (SSSR count). The summed E-state index contributed by atoms with van der Waals surface area (Å²) in [7, 11) is 3.35. The van der Waals surface area contributed by atoms with Gasteiger partial charge < -0.3 is 9.47 Å². The Balaban J connectivity index is 1.87. The number of rotatable bonds is 9. The van der Waals surface area contributed by atoms with E-state index in [0.717, 1.165) is 29.7 Å². The van der Waals surface area contributed by atoms with E-state index >= 15 is 0 Å². The van der Waals surface area contributed by atoms with Gasteiger partial charge in [-0.1, -0.05) is 52.3 Å². The highest BCUT2D eigenvalue weighted by Gasteiger charge is 2.10. The lowest BCUT2D eigenvalue weighted by Gasteiger charge is -2.15. The second kappa shape index (κ2) is 9.61. The quantitative estimate of drug-likeness (QED) is 0.554. The number of aryl methyl sites for hydroxylation is 2. The van der Waals surface area contributed by atoms with Gasteiger partial charge in [0, 0.05) is 5.33 Å². The lowest BCUT2D eigenvalue weighted by molar-refractivity contribution is 0.354. The molecule has 1 unspecified atom stereocenters. The van der Waals surface area contributed by atoms with E-state index in [1.54, 1.807) is 14.2 Å². The van der Waals surface area contributed by atoms with Crippen LogP contribution >= 0.6 is 15.9 Å². The summed E-state index contributed by atoms with van der Waals surface area (Å²) in [5.41, 5.74) is 2.72. The first-order valence-corrected chi connectivity index (χ1v) is 9.19. The SMILES string of the molecule is COc1ccc(CCC(CBr)CCc2ccccc2)cc1OC. The van der Waals surface area contributed by atoms with E-state index in [1.165, 1.54) is 24.0 Å². The van der Waals surface area contributed by atoms with Crippen molar-refractivity contribution in [3.63, 3.8) is 0 Å². The minimum atomic E-state index is 0.684. The van der Waals surface area contributed by atoms with E-state index in [1.807, 2.05) is 6.07 Å².